The van der Waals surface area contributed by atoms with Crippen LogP contribution in [0.2, 0.25) is 0 Å². The Kier molecular flexibility index (Phi) is 2.87. The third-order valence-electron chi connectivity index (χ3n) is 4.77. The largest absolute Gasteiger partial charge is 0.340 e. The molecule has 2 heterocycles. The molecule has 1 spiro atoms. The molecule has 0 atom stereocenters. The van der Waals surface area contributed by atoms with E-state index >= 15 is 0 Å². The fourth-order valence-corrected chi connectivity index (χ4v) is 3.80. The molecule has 0 aromatic rings. The highest BCUT2D eigenvalue weighted by atomic mass is 16.2. The van der Waals surface area contributed by atoms with Crippen molar-refractivity contribution in [2.75, 3.05) is 46.3 Å². The Balaban J connectivity index is 1.53. The molecule has 1 saturated carbocycles. The number of likely N-dealkylation sites (tertiary alicyclic amines) is 1. The molecule has 0 bridgehead atoms. The van der Waals surface area contributed by atoms with Gasteiger partial charge in [0.1, 0.15) is 0 Å². The summed E-state index contributed by atoms with van der Waals surface area (Å²) in [6.07, 6.45) is 3.58. The van der Waals surface area contributed by atoms with Crippen LogP contribution in [0.1, 0.15) is 19.3 Å². The smallest absolute Gasteiger partial charge is 0.225 e. The van der Waals surface area contributed by atoms with Gasteiger partial charge in [-0.3, -0.25) is 4.79 Å². The Labute approximate surface area is 103 Å². The summed E-state index contributed by atoms with van der Waals surface area (Å²) in [6.45, 7) is 6.16. The summed E-state index contributed by atoms with van der Waals surface area (Å²) >= 11 is 0. The first kappa shape index (κ1) is 11.5. The van der Waals surface area contributed by atoms with Crippen LogP contribution in [-0.4, -0.2) is 62.0 Å². The molecule has 3 fully saturated rings. The first-order valence-corrected chi connectivity index (χ1v) is 6.87. The number of hydrogen-bond donors (Lipinski definition) is 1. The van der Waals surface area contributed by atoms with Crippen LogP contribution in [0.3, 0.4) is 0 Å². The van der Waals surface area contributed by atoms with Gasteiger partial charge in [-0.1, -0.05) is 0 Å². The summed E-state index contributed by atoms with van der Waals surface area (Å²) in [5, 5.41) is 3.30. The average Bonchev–Trinajstić information content (AvgIpc) is 2.70. The zero-order valence-electron chi connectivity index (χ0n) is 10.7. The van der Waals surface area contributed by atoms with Gasteiger partial charge in [-0.25, -0.2) is 0 Å². The van der Waals surface area contributed by atoms with Crippen molar-refractivity contribution in [3.63, 3.8) is 0 Å². The highest BCUT2D eigenvalue weighted by Crippen LogP contribution is 2.51. The first-order valence-electron chi connectivity index (χ1n) is 6.87. The van der Waals surface area contributed by atoms with E-state index in [9.17, 15) is 4.79 Å². The lowest BCUT2D eigenvalue weighted by atomic mass is 9.61. The van der Waals surface area contributed by atoms with Crippen molar-refractivity contribution in [3.05, 3.63) is 0 Å². The number of nitrogens with zero attached hydrogens (tertiary/aromatic N) is 2. The normalized spacial score (nSPS) is 38.4. The molecule has 4 nitrogen and oxygen atoms in total. The number of amides is 1. The summed E-state index contributed by atoms with van der Waals surface area (Å²) in [7, 11) is 2.19. The number of hydrogen-bond acceptors (Lipinski definition) is 3. The third-order valence-corrected chi connectivity index (χ3v) is 4.77. The highest BCUT2D eigenvalue weighted by Gasteiger charge is 2.50. The zero-order chi connectivity index (χ0) is 11.9. The lowest BCUT2D eigenvalue weighted by molar-refractivity contribution is -0.143. The van der Waals surface area contributed by atoms with Crippen LogP contribution >= 0.6 is 0 Å². The van der Waals surface area contributed by atoms with Crippen LogP contribution in [0.25, 0.3) is 0 Å². The van der Waals surface area contributed by atoms with E-state index in [1.54, 1.807) is 0 Å². The molecule has 2 saturated heterocycles. The van der Waals surface area contributed by atoms with E-state index in [1.807, 2.05) is 0 Å². The van der Waals surface area contributed by atoms with E-state index < -0.39 is 0 Å². The van der Waals surface area contributed by atoms with E-state index in [0.29, 0.717) is 17.2 Å². The lowest BCUT2D eigenvalue weighted by Crippen LogP contribution is -2.53. The minimum absolute atomic E-state index is 0.333. The standard InChI is InChI=1S/C13H23N3O/c1-15-5-2-13(10-15)8-11(9-13)12(17)16-6-3-14-4-7-16/h11,14H,2-10H2,1H3. The van der Waals surface area contributed by atoms with Gasteiger partial charge in [0.05, 0.1) is 0 Å². The average molecular weight is 237 g/mol. The maximum absolute atomic E-state index is 12.3. The summed E-state index contributed by atoms with van der Waals surface area (Å²) in [6, 6.07) is 0. The van der Waals surface area contributed by atoms with Gasteiger partial charge in [0.15, 0.2) is 0 Å². The maximum Gasteiger partial charge on any atom is 0.225 e. The van der Waals surface area contributed by atoms with Crippen molar-refractivity contribution < 1.29 is 4.79 Å². The molecule has 96 valence electrons. The Morgan fingerprint density at radius 1 is 1.24 bits per heavy atom. The van der Waals surface area contributed by atoms with Crippen molar-refractivity contribution in [1.82, 2.24) is 15.1 Å². The second-order valence-corrected chi connectivity index (χ2v) is 6.17. The zero-order valence-corrected chi connectivity index (χ0v) is 10.7. The van der Waals surface area contributed by atoms with Crippen molar-refractivity contribution in [1.29, 1.82) is 0 Å². The minimum atomic E-state index is 0.333. The van der Waals surface area contributed by atoms with Crippen molar-refractivity contribution in [2.24, 2.45) is 11.3 Å². The fraction of sp³-hybridized carbons (Fsp3) is 0.923. The number of nitrogens with one attached hydrogen (secondary N) is 1. The number of carbonyl (C=O) groups excluding carboxylic acids is 1. The van der Waals surface area contributed by atoms with Crippen molar-refractivity contribution in [2.45, 2.75) is 19.3 Å². The summed E-state index contributed by atoms with van der Waals surface area (Å²) < 4.78 is 0. The van der Waals surface area contributed by atoms with Gasteiger partial charge in [-0.2, -0.15) is 0 Å². The van der Waals surface area contributed by atoms with Crippen LogP contribution in [0.4, 0.5) is 0 Å². The second kappa shape index (κ2) is 4.25. The van der Waals surface area contributed by atoms with Crippen LogP contribution in [0, 0.1) is 11.3 Å². The molecular weight excluding hydrogens is 214 g/mol. The molecule has 1 aliphatic carbocycles. The monoisotopic (exact) mass is 237 g/mol. The van der Waals surface area contributed by atoms with Gasteiger partial charge in [0.25, 0.3) is 0 Å². The second-order valence-electron chi connectivity index (χ2n) is 6.17. The number of carbonyl (C=O) groups is 1. The molecule has 2 aliphatic heterocycles. The van der Waals surface area contributed by atoms with E-state index in [-0.39, 0.29) is 0 Å². The van der Waals surface area contributed by atoms with Gasteiger partial charge in [0.2, 0.25) is 5.91 Å². The third kappa shape index (κ3) is 2.08. The number of piperazine rings is 1. The highest BCUT2D eigenvalue weighted by molar-refractivity contribution is 5.80. The van der Waals surface area contributed by atoms with Gasteiger partial charge in [-0.15, -0.1) is 0 Å². The van der Waals surface area contributed by atoms with Crippen LogP contribution in [0.5, 0.6) is 0 Å². The Morgan fingerprint density at radius 3 is 2.53 bits per heavy atom. The molecule has 1 N–H and O–H groups in total. The predicted octanol–water partition coefficient (Wildman–Crippen LogP) is 0.150. The van der Waals surface area contributed by atoms with E-state index in [4.69, 9.17) is 0 Å². The Morgan fingerprint density at radius 2 is 1.94 bits per heavy atom. The van der Waals surface area contributed by atoms with Crippen LogP contribution in [-0.2, 0) is 4.79 Å². The molecule has 3 aliphatic rings. The molecule has 1 amide bonds. The predicted molar refractivity (Wildman–Crippen MR) is 66.7 cm³/mol. The SMILES string of the molecule is CN1CCC2(CC(C(=O)N3CCNCC3)C2)C1. The van der Waals surface area contributed by atoms with Gasteiger partial charge in [-0.05, 0) is 38.3 Å². The first-order chi connectivity index (χ1) is 8.19. The van der Waals surface area contributed by atoms with Crippen LogP contribution < -0.4 is 5.32 Å². The van der Waals surface area contributed by atoms with Crippen molar-refractivity contribution >= 4 is 5.91 Å². The fourth-order valence-electron chi connectivity index (χ4n) is 3.80. The Bertz CT molecular complexity index is 306. The molecule has 0 radical (unpaired) electrons. The topological polar surface area (TPSA) is 35.6 Å². The molecule has 3 rings (SSSR count). The molecular formula is C13H23N3O. The van der Waals surface area contributed by atoms with Gasteiger partial charge < -0.3 is 15.1 Å². The van der Waals surface area contributed by atoms with Crippen LogP contribution in [0.15, 0.2) is 0 Å². The summed E-state index contributed by atoms with van der Waals surface area (Å²) in [5.74, 6) is 0.756. The van der Waals surface area contributed by atoms with E-state index in [0.717, 1.165) is 39.0 Å². The molecule has 0 aromatic carbocycles. The number of rotatable bonds is 1. The molecule has 0 unspecified atom stereocenters. The van der Waals surface area contributed by atoms with E-state index in [1.165, 1.54) is 19.5 Å². The quantitative estimate of drug-likeness (QED) is 0.705. The molecule has 0 aromatic heterocycles. The Hall–Kier alpha value is -0.610. The molecule has 17 heavy (non-hydrogen) atoms. The summed E-state index contributed by atoms with van der Waals surface area (Å²) in [4.78, 5) is 16.8. The van der Waals surface area contributed by atoms with E-state index in [2.05, 4.69) is 22.2 Å². The van der Waals surface area contributed by atoms with Gasteiger partial charge in [0, 0.05) is 38.6 Å². The van der Waals surface area contributed by atoms with Crippen molar-refractivity contribution in [3.8, 4) is 0 Å². The maximum atomic E-state index is 12.3. The lowest BCUT2D eigenvalue weighted by Gasteiger charge is -2.46. The minimum Gasteiger partial charge on any atom is -0.340 e. The summed E-state index contributed by atoms with van der Waals surface area (Å²) in [5.41, 5.74) is 0.503. The van der Waals surface area contributed by atoms with Gasteiger partial charge >= 0.3 is 0 Å². The molecule has 4 heteroatoms.